The van der Waals surface area contributed by atoms with Gasteiger partial charge in [-0.2, -0.15) is 0 Å². The van der Waals surface area contributed by atoms with Crippen molar-refractivity contribution < 1.29 is 9.47 Å². The van der Waals surface area contributed by atoms with Gasteiger partial charge in [0.2, 0.25) is 0 Å². The normalized spacial score (nSPS) is 23.3. The van der Waals surface area contributed by atoms with Crippen molar-refractivity contribution in [2.75, 3.05) is 51.3 Å². The molecule has 1 aromatic rings. The van der Waals surface area contributed by atoms with Gasteiger partial charge in [-0.15, -0.1) is 24.0 Å². The van der Waals surface area contributed by atoms with E-state index in [0.29, 0.717) is 12.2 Å². The average Bonchev–Trinajstić information content (AvgIpc) is 2.85. The van der Waals surface area contributed by atoms with Crippen molar-refractivity contribution in [1.82, 2.24) is 15.2 Å². The standard InChI is InChI=1S/C25H41N5O2.HI/c1-20-8-12-29(13-9-20)24-7-6-21(17-27-24)18-28-25(26-2)30-14-10-22(11-15-30)32-19-23-5-3-4-16-31-23;/h6-7,17,20,22-23H,3-5,8-16,18-19H2,1-2H3,(H,26,28);1H. The maximum atomic E-state index is 6.16. The predicted molar refractivity (Wildman–Crippen MR) is 145 cm³/mol. The van der Waals surface area contributed by atoms with Crippen molar-refractivity contribution in [3.8, 4) is 0 Å². The van der Waals surface area contributed by atoms with Crippen LogP contribution in [-0.2, 0) is 16.0 Å². The van der Waals surface area contributed by atoms with Gasteiger partial charge in [-0.3, -0.25) is 4.99 Å². The molecule has 0 bridgehead atoms. The van der Waals surface area contributed by atoms with E-state index in [9.17, 15) is 0 Å². The Labute approximate surface area is 216 Å². The molecule has 1 N–H and O–H groups in total. The van der Waals surface area contributed by atoms with Crippen LogP contribution in [0.5, 0.6) is 0 Å². The predicted octanol–water partition coefficient (Wildman–Crippen LogP) is 4.06. The monoisotopic (exact) mass is 571 g/mol. The van der Waals surface area contributed by atoms with E-state index in [1.807, 2.05) is 13.2 Å². The van der Waals surface area contributed by atoms with E-state index in [0.717, 1.165) is 82.9 Å². The molecule has 4 rings (SSSR count). The molecular weight excluding hydrogens is 529 g/mol. The number of anilines is 1. The molecule has 0 saturated carbocycles. The van der Waals surface area contributed by atoms with Crippen LogP contribution < -0.4 is 10.2 Å². The third-order valence-corrected chi connectivity index (χ3v) is 7.11. The van der Waals surface area contributed by atoms with Crippen LogP contribution in [0.15, 0.2) is 23.3 Å². The van der Waals surface area contributed by atoms with E-state index in [1.165, 1.54) is 31.2 Å². The van der Waals surface area contributed by atoms with Gasteiger partial charge in [-0.05, 0) is 62.5 Å². The highest BCUT2D eigenvalue weighted by Gasteiger charge is 2.24. The lowest BCUT2D eigenvalue weighted by atomic mass is 9.99. The van der Waals surface area contributed by atoms with E-state index in [-0.39, 0.29) is 24.0 Å². The van der Waals surface area contributed by atoms with Gasteiger partial charge in [-0.1, -0.05) is 13.0 Å². The van der Waals surface area contributed by atoms with Crippen molar-refractivity contribution in [3.63, 3.8) is 0 Å². The minimum Gasteiger partial charge on any atom is -0.376 e. The number of nitrogens with zero attached hydrogens (tertiary/aromatic N) is 4. The molecule has 1 atom stereocenters. The molecule has 3 aliphatic rings. The van der Waals surface area contributed by atoms with Crippen molar-refractivity contribution in [2.45, 2.75) is 70.6 Å². The van der Waals surface area contributed by atoms with Crippen LogP contribution in [0.2, 0.25) is 0 Å². The molecule has 0 aliphatic carbocycles. The fraction of sp³-hybridized carbons (Fsp3) is 0.760. The number of guanidine groups is 1. The molecule has 3 fully saturated rings. The lowest BCUT2D eigenvalue weighted by Crippen LogP contribution is -2.47. The molecule has 1 unspecified atom stereocenters. The molecule has 0 aromatic carbocycles. The molecule has 4 heterocycles. The number of piperidine rings is 2. The van der Waals surface area contributed by atoms with Crippen LogP contribution in [0.1, 0.15) is 57.4 Å². The summed E-state index contributed by atoms with van der Waals surface area (Å²) in [5, 5.41) is 3.52. The van der Waals surface area contributed by atoms with Crippen molar-refractivity contribution in [3.05, 3.63) is 23.9 Å². The summed E-state index contributed by atoms with van der Waals surface area (Å²) in [6.45, 7) is 8.90. The molecule has 186 valence electrons. The quantitative estimate of drug-likeness (QED) is 0.316. The third kappa shape index (κ3) is 7.96. The highest BCUT2D eigenvalue weighted by atomic mass is 127. The minimum atomic E-state index is 0. The van der Waals surface area contributed by atoms with Gasteiger partial charge in [0.05, 0.1) is 18.8 Å². The number of aliphatic imine (C=N–C) groups is 1. The summed E-state index contributed by atoms with van der Waals surface area (Å²) < 4.78 is 11.9. The zero-order valence-electron chi connectivity index (χ0n) is 20.4. The number of ether oxygens (including phenoxy) is 2. The van der Waals surface area contributed by atoms with Crippen LogP contribution in [0.4, 0.5) is 5.82 Å². The average molecular weight is 572 g/mol. The van der Waals surface area contributed by atoms with Gasteiger partial charge in [0.25, 0.3) is 0 Å². The summed E-state index contributed by atoms with van der Waals surface area (Å²) in [5.74, 6) is 2.91. The van der Waals surface area contributed by atoms with E-state index >= 15 is 0 Å². The SMILES string of the molecule is CN=C(NCc1ccc(N2CCC(C)CC2)nc1)N1CCC(OCC2CCCCO2)CC1.I. The Hall–Kier alpha value is -1.13. The number of likely N-dealkylation sites (tertiary alicyclic amines) is 1. The second-order valence-electron chi connectivity index (χ2n) is 9.60. The van der Waals surface area contributed by atoms with Crippen LogP contribution >= 0.6 is 24.0 Å². The lowest BCUT2D eigenvalue weighted by Gasteiger charge is -2.35. The van der Waals surface area contributed by atoms with Crippen molar-refractivity contribution >= 4 is 35.8 Å². The van der Waals surface area contributed by atoms with Gasteiger partial charge in [0.15, 0.2) is 5.96 Å². The summed E-state index contributed by atoms with van der Waals surface area (Å²) >= 11 is 0. The van der Waals surface area contributed by atoms with Crippen LogP contribution in [-0.4, -0.2) is 74.5 Å². The summed E-state index contributed by atoms with van der Waals surface area (Å²) in [6.07, 6.45) is 10.8. The highest BCUT2D eigenvalue weighted by molar-refractivity contribution is 14.0. The second-order valence-corrected chi connectivity index (χ2v) is 9.60. The summed E-state index contributed by atoms with van der Waals surface area (Å²) in [7, 11) is 1.87. The van der Waals surface area contributed by atoms with Crippen molar-refractivity contribution in [2.24, 2.45) is 10.9 Å². The van der Waals surface area contributed by atoms with E-state index in [1.54, 1.807) is 0 Å². The first kappa shape index (κ1) is 26.5. The molecule has 3 saturated heterocycles. The second kappa shape index (κ2) is 13.7. The number of nitrogens with one attached hydrogen (secondary N) is 1. The van der Waals surface area contributed by atoms with E-state index in [2.05, 4.69) is 39.2 Å². The van der Waals surface area contributed by atoms with Crippen LogP contribution in [0.25, 0.3) is 0 Å². The van der Waals surface area contributed by atoms with Gasteiger partial charge >= 0.3 is 0 Å². The number of rotatable bonds is 6. The Bertz CT molecular complexity index is 710. The number of halogens is 1. The summed E-state index contributed by atoms with van der Waals surface area (Å²) in [5.41, 5.74) is 1.19. The first-order valence-corrected chi connectivity index (χ1v) is 12.6. The van der Waals surface area contributed by atoms with Crippen LogP contribution in [0.3, 0.4) is 0 Å². The topological polar surface area (TPSA) is 62.2 Å². The molecule has 3 aliphatic heterocycles. The minimum absolute atomic E-state index is 0. The Balaban J connectivity index is 0.00000306. The molecular formula is C25H42IN5O2. The smallest absolute Gasteiger partial charge is 0.193 e. The lowest BCUT2D eigenvalue weighted by molar-refractivity contribution is -0.0721. The van der Waals surface area contributed by atoms with Crippen LogP contribution in [0, 0.1) is 5.92 Å². The summed E-state index contributed by atoms with van der Waals surface area (Å²) in [4.78, 5) is 14.0. The fourth-order valence-corrected chi connectivity index (χ4v) is 4.88. The first-order valence-electron chi connectivity index (χ1n) is 12.6. The fourth-order valence-electron chi connectivity index (χ4n) is 4.88. The highest BCUT2D eigenvalue weighted by Crippen LogP contribution is 2.21. The molecule has 1 aromatic heterocycles. The Morgan fingerprint density at radius 1 is 1.12 bits per heavy atom. The number of hydrogen-bond donors (Lipinski definition) is 1. The number of pyridine rings is 1. The molecule has 8 heteroatoms. The molecule has 0 amide bonds. The zero-order valence-corrected chi connectivity index (χ0v) is 22.7. The Morgan fingerprint density at radius 2 is 1.91 bits per heavy atom. The van der Waals surface area contributed by atoms with Gasteiger partial charge < -0.3 is 24.6 Å². The van der Waals surface area contributed by atoms with Gasteiger partial charge in [0.1, 0.15) is 5.82 Å². The first-order chi connectivity index (χ1) is 15.7. The Morgan fingerprint density at radius 3 is 2.55 bits per heavy atom. The van der Waals surface area contributed by atoms with Crippen molar-refractivity contribution in [1.29, 1.82) is 0 Å². The maximum Gasteiger partial charge on any atom is 0.193 e. The summed E-state index contributed by atoms with van der Waals surface area (Å²) in [6, 6.07) is 4.35. The molecule has 33 heavy (non-hydrogen) atoms. The maximum absolute atomic E-state index is 6.16. The largest absolute Gasteiger partial charge is 0.376 e. The number of aromatic nitrogens is 1. The third-order valence-electron chi connectivity index (χ3n) is 7.11. The Kier molecular flexibility index (Phi) is 11.0. The van der Waals surface area contributed by atoms with E-state index in [4.69, 9.17) is 14.5 Å². The zero-order chi connectivity index (χ0) is 22.2. The molecule has 0 spiro atoms. The van der Waals surface area contributed by atoms with Gasteiger partial charge in [-0.25, -0.2) is 4.98 Å². The van der Waals surface area contributed by atoms with E-state index < -0.39 is 0 Å². The molecule has 7 nitrogen and oxygen atoms in total. The van der Waals surface area contributed by atoms with Gasteiger partial charge in [0, 0.05) is 52.6 Å². The molecule has 0 radical (unpaired) electrons. The number of hydrogen-bond acceptors (Lipinski definition) is 5.